The van der Waals surface area contributed by atoms with Gasteiger partial charge in [-0.1, -0.05) is 6.07 Å². The third-order valence-electron chi connectivity index (χ3n) is 4.66. The minimum absolute atomic E-state index is 0.145. The normalized spacial score (nSPS) is 10.9. The van der Waals surface area contributed by atoms with Crippen molar-refractivity contribution < 1.29 is 9.18 Å². The van der Waals surface area contributed by atoms with Gasteiger partial charge in [-0.3, -0.25) is 4.79 Å². The van der Waals surface area contributed by atoms with Crippen LogP contribution in [0.1, 0.15) is 11.1 Å². The number of benzene rings is 2. The first-order chi connectivity index (χ1) is 14.4. The van der Waals surface area contributed by atoms with Gasteiger partial charge in [0.25, 0.3) is 5.78 Å². The Kier molecular flexibility index (Phi) is 5.01. The number of nitrogens with zero attached hydrogens (tertiary/aromatic N) is 4. The standard InChI is InChI=1S/C21H19FN6O2/c1-13-3-6-17(11-14(13)2)24-19(29)12-28-21(30)27-10-9-18(25-20(27)26-28)23-16-7-4-15(22)5-8-16/h3-11H,12H2,1-2H3,(H,24,29)(H,23,25,26). The molecule has 0 spiro atoms. The highest BCUT2D eigenvalue weighted by Crippen LogP contribution is 2.15. The number of amides is 1. The molecule has 4 aromatic rings. The molecule has 0 atom stereocenters. The Labute approximate surface area is 171 Å². The van der Waals surface area contributed by atoms with E-state index in [4.69, 9.17) is 0 Å². The number of aromatic nitrogens is 4. The first-order valence-electron chi connectivity index (χ1n) is 9.25. The monoisotopic (exact) mass is 406 g/mol. The van der Waals surface area contributed by atoms with Crippen molar-refractivity contribution in [1.82, 2.24) is 19.2 Å². The Morgan fingerprint density at radius 3 is 2.50 bits per heavy atom. The van der Waals surface area contributed by atoms with Crippen LogP contribution in [0, 0.1) is 19.7 Å². The molecule has 0 unspecified atom stereocenters. The SMILES string of the molecule is Cc1ccc(NC(=O)Cn2nc3nc(Nc4ccc(F)cc4)ccn3c2=O)cc1C. The van der Waals surface area contributed by atoms with Crippen molar-refractivity contribution >= 4 is 28.9 Å². The number of nitrogens with one attached hydrogen (secondary N) is 2. The summed E-state index contributed by atoms with van der Waals surface area (Å²) in [5.41, 5.74) is 3.01. The lowest BCUT2D eigenvalue weighted by Gasteiger charge is -2.07. The number of halogens is 1. The van der Waals surface area contributed by atoms with Gasteiger partial charge in [0.1, 0.15) is 18.2 Å². The van der Waals surface area contributed by atoms with Gasteiger partial charge in [0.15, 0.2) is 0 Å². The van der Waals surface area contributed by atoms with Gasteiger partial charge in [-0.25, -0.2) is 18.3 Å². The van der Waals surface area contributed by atoms with Crippen LogP contribution < -0.4 is 16.3 Å². The predicted molar refractivity (Wildman–Crippen MR) is 111 cm³/mol. The average molecular weight is 406 g/mol. The second kappa shape index (κ2) is 7.78. The van der Waals surface area contributed by atoms with Gasteiger partial charge < -0.3 is 10.6 Å². The Bertz CT molecular complexity index is 1290. The maximum absolute atomic E-state index is 13.0. The zero-order valence-corrected chi connectivity index (χ0v) is 16.4. The van der Waals surface area contributed by atoms with Gasteiger partial charge in [0, 0.05) is 17.6 Å². The molecule has 1 amide bonds. The van der Waals surface area contributed by atoms with E-state index in [0.29, 0.717) is 17.2 Å². The van der Waals surface area contributed by atoms with Gasteiger partial charge in [0.2, 0.25) is 5.91 Å². The highest BCUT2D eigenvalue weighted by molar-refractivity contribution is 5.90. The number of rotatable bonds is 5. The highest BCUT2D eigenvalue weighted by Gasteiger charge is 2.13. The van der Waals surface area contributed by atoms with Crippen molar-refractivity contribution in [3.63, 3.8) is 0 Å². The minimum Gasteiger partial charge on any atom is -0.340 e. The molecule has 30 heavy (non-hydrogen) atoms. The summed E-state index contributed by atoms with van der Waals surface area (Å²) in [4.78, 5) is 29.1. The summed E-state index contributed by atoms with van der Waals surface area (Å²) < 4.78 is 15.3. The van der Waals surface area contributed by atoms with Crippen LogP contribution in [0.5, 0.6) is 0 Å². The predicted octanol–water partition coefficient (Wildman–Crippen LogP) is 3.03. The van der Waals surface area contributed by atoms with E-state index in [-0.39, 0.29) is 24.0 Å². The van der Waals surface area contributed by atoms with E-state index in [2.05, 4.69) is 20.7 Å². The molecule has 0 radical (unpaired) electrons. The molecule has 2 N–H and O–H groups in total. The van der Waals surface area contributed by atoms with Gasteiger partial charge in [-0.05, 0) is 67.4 Å². The highest BCUT2D eigenvalue weighted by atomic mass is 19.1. The third-order valence-corrected chi connectivity index (χ3v) is 4.66. The first kappa shape index (κ1) is 19.3. The zero-order valence-electron chi connectivity index (χ0n) is 16.4. The topological polar surface area (TPSA) is 93.3 Å². The van der Waals surface area contributed by atoms with Crippen LogP contribution in [-0.4, -0.2) is 25.1 Å². The van der Waals surface area contributed by atoms with E-state index in [9.17, 15) is 14.0 Å². The van der Waals surface area contributed by atoms with E-state index in [0.717, 1.165) is 15.8 Å². The van der Waals surface area contributed by atoms with E-state index in [1.807, 2.05) is 32.0 Å². The van der Waals surface area contributed by atoms with Gasteiger partial charge in [0.05, 0.1) is 0 Å². The van der Waals surface area contributed by atoms with Crippen LogP contribution >= 0.6 is 0 Å². The smallest absolute Gasteiger partial charge is 0.340 e. The molecule has 152 valence electrons. The summed E-state index contributed by atoms with van der Waals surface area (Å²) in [6, 6.07) is 13.0. The number of hydrogen-bond donors (Lipinski definition) is 2. The quantitative estimate of drug-likeness (QED) is 0.531. The lowest BCUT2D eigenvalue weighted by atomic mass is 10.1. The molecule has 2 heterocycles. The summed E-state index contributed by atoms with van der Waals surface area (Å²) in [6.45, 7) is 3.71. The van der Waals surface area contributed by atoms with Crippen molar-refractivity contribution in [2.45, 2.75) is 20.4 Å². The first-order valence-corrected chi connectivity index (χ1v) is 9.25. The Morgan fingerprint density at radius 2 is 1.77 bits per heavy atom. The van der Waals surface area contributed by atoms with Crippen LogP contribution in [0.3, 0.4) is 0 Å². The Hall–Kier alpha value is -4.01. The molecule has 8 nitrogen and oxygen atoms in total. The lowest BCUT2D eigenvalue weighted by molar-refractivity contribution is -0.117. The van der Waals surface area contributed by atoms with Crippen LogP contribution in [0.4, 0.5) is 21.6 Å². The minimum atomic E-state index is -0.471. The summed E-state index contributed by atoms with van der Waals surface area (Å²) in [7, 11) is 0. The molecular formula is C21H19FN6O2. The molecule has 0 aliphatic rings. The fraction of sp³-hybridized carbons (Fsp3) is 0.143. The molecule has 0 bridgehead atoms. The molecule has 0 fully saturated rings. The number of fused-ring (bicyclic) bond motifs is 1. The van der Waals surface area contributed by atoms with Crippen molar-refractivity contribution in [1.29, 1.82) is 0 Å². The summed E-state index contributed by atoms with van der Waals surface area (Å²) in [6.07, 6.45) is 1.52. The van der Waals surface area contributed by atoms with Crippen LogP contribution in [0.15, 0.2) is 59.5 Å². The van der Waals surface area contributed by atoms with E-state index in [1.165, 1.54) is 22.7 Å². The second-order valence-corrected chi connectivity index (χ2v) is 6.90. The molecular weight excluding hydrogens is 387 g/mol. The van der Waals surface area contributed by atoms with Gasteiger partial charge >= 0.3 is 5.69 Å². The Balaban J connectivity index is 1.52. The van der Waals surface area contributed by atoms with Crippen molar-refractivity contribution in [2.24, 2.45) is 0 Å². The summed E-state index contributed by atoms with van der Waals surface area (Å²) in [5.74, 6) is -0.126. The lowest BCUT2D eigenvalue weighted by Crippen LogP contribution is -2.28. The van der Waals surface area contributed by atoms with E-state index in [1.54, 1.807) is 18.2 Å². The zero-order chi connectivity index (χ0) is 21.3. The van der Waals surface area contributed by atoms with Crippen LogP contribution in [0.2, 0.25) is 0 Å². The summed E-state index contributed by atoms with van der Waals surface area (Å²) >= 11 is 0. The average Bonchev–Trinajstić information content (AvgIpc) is 3.01. The van der Waals surface area contributed by atoms with Crippen molar-refractivity contribution in [2.75, 3.05) is 10.6 Å². The molecule has 2 aromatic heterocycles. The number of carbonyl (C=O) groups excluding carboxylic acids is 1. The third kappa shape index (κ3) is 4.04. The molecule has 0 aliphatic carbocycles. The molecule has 2 aromatic carbocycles. The number of carbonyl (C=O) groups is 1. The fourth-order valence-corrected chi connectivity index (χ4v) is 2.92. The maximum atomic E-state index is 13.0. The fourth-order valence-electron chi connectivity index (χ4n) is 2.92. The van der Waals surface area contributed by atoms with Crippen molar-refractivity contribution in [3.05, 3.63) is 82.2 Å². The van der Waals surface area contributed by atoms with E-state index < -0.39 is 5.69 Å². The van der Waals surface area contributed by atoms with Crippen LogP contribution in [-0.2, 0) is 11.3 Å². The van der Waals surface area contributed by atoms with Gasteiger partial charge in [-0.2, -0.15) is 4.98 Å². The Morgan fingerprint density at radius 1 is 1.03 bits per heavy atom. The van der Waals surface area contributed by atoms with Crippen molar-refractivity contribution in [3.8, 4) is 0 Å². The molecule has 4 rings (SSSR count). The van der Waals surface area contributed by atoms with E-state index >= 15 is 0 Å². The number of aryl methyl sites for hydroxylation is 2. The molecule has 0 aliphatic heterocycles. The van der Waals surface area contributed by atoms with Crippen LogP contribution in [0.25, 0.3) is 5.78 Å². The second-order valence-electron chi connectivity index (χ2n) is 6.90. The van der Waals surface area contributed by atoms with Gasteiger partial charge in [-0.15, -0.1) is 5.10 Å². The summed E-state index contributed by atoms with van der Waals surface area (Å²) in [5, 5.41) is 9.92. The maximum Gasteiger partial charge on any atom is 0.352 e. The molecule has 9 heteroatoms. The number of hydrogen-bond acceptors (Lipinski definition) is 5. The number of anilines is 3. The largest absolute Gasteiger partial charge is 0.352 e. The molecule has 0 saturated heterocycles. The molecule has 0 saturated carbocycles.